The van der Waals surface area contributed by atoms with Gasteiger partial charge in [0.15, 0.2) is 9.84 Å². The number of hydrogen-bond acceptors (Lipinski definition) is 4. The minimum atomic E-state index is -3.28. The third-order valence-electron chi connectivity index (χ3n) is 5.60. The van der Waals surface area contributed by atoms with Crippen molar-refractivity contribution in [3.05, 3.63) is 71.8 Å². The van der Waals surface area contributed by atoms with Gasteiger partial charge >= 0.3 is 6.61 Å². The molecule has 7 heteroatoms. The lowest BCUT2D eigenvalue weighted by Crippen LogP contribution is -2.23. The largest absolute Gasteiger partial charge is 0.435 e. The second-order valence-corrected chi connectivity index (χ2v) is 11.4. The standard InChI is InChI=1S/C24H24F2O3S2/c25-24(26)29-20-9-5-7-18(16-20)14-17-6-4-8-19(15-17)22-12-13-23(30-22)31(27,28)21-10-2-1-3-11-21/h4-9,12-13,15-16,21,24H,1-3,10-11,14H2. The van der Waals surface area contributed by atoms with Crippen LogP contribution in [0.25, 0.3) is 10.4 Å². The van der Waals surface area contributed by atoms with Crippen molar-refractivity contribution in [1.29, 1.82) is 0 Å². The molecule has 0 spiro atoms. The van der Waals surface area contributed by atoms with Gasteiger partial charge in [-0.05, 0) is 60.2 Å². The van der Waals surface area contributed by atoms with Crippen molar-refractivity contribution in [1.82, 2.24) is 0 Å². The van der Waals surface area contributed by atoms with Gasteiger partial charge in [0.05, 0.1) is 5.25 Å². The summed E-state index contributed by atoms with van der Waals surface area (Å²) in [6.07, 6.45) is 5.14. The predicted molar refractivity (Wildman–Crippen MR) is 120 cm³/mol. The average Bonchev–Trinajstić information content (AvgIpc) is 3.26. The molecule has 0 saturated heterocycles. The summed E-state index contributed by atoms with van der Waals surface area (Å²) in [5.74, 6) is 0.138. The number of thiophene rings is 1. The first-order chi connectivity index (χ1) is 14.9. The summed E-state index contributed by atoms with van der Waals surface area (Å²) < 4.78 is 55.8. The molecule has 0 N–H and O–H groups in total. The normalized spacial score (nSPS) is 15.3. The molecular formula is C24H24F2O3S2. The fourth-order valence-electron chi connectivity index (χ4n) is 4.07. The quantitative estimate of drug-likeness (QED) is 0.392. The molecule has 0 aliphatic heterocycles. The van der Waals surface area contributed by atoms with E-state index < -0.39 is 16.4 Å². The van der Waals surface area contributed by atoms with Gasteiger partial charge in [-0.1, -0.05) is 55.7 Å². The van der Waals surface area contributed by atoms with Crippen molar-refractivity contribution in [2.75, 3.05) is 0 Å². The van der Waals surface area contributed by atoms with Crippen molar-refractivity contribution in [2.45, 2.75) is 54.6 Å². The Balaban J connectivity index is 1.53. The number of sulfone groups is 1. The van der Waals surface area contributed by atoms with E-state index >= 15 is 0 Å². The van der Waals surface area contributed by atoms with Crippen LogP contribution in [0.4, 0.5) is 8.78 Å². The Labute approximate surface area is 185 Å². The van der Waals surface area contributed by atoms with Crippen molar-refractivity contribution < 1.29 is 21.9 Å². The highest BCUT2D eigenvalue weighted by molar-refractivity contribution is 7.94. The smallest absolute Gasteiger partial charge is 0.387 e. The molecule has 1 fully saturated rings. The van der Waals surface area contributed by atoms with Crippen LogP contribution in [-0.4, -0.2) is 20.3 Å². The molecule has 2 aromatic carbocycles. The molecule has 0 bridgehead atoms. The Morgan fingerprint density at radius 1 is 0.935 bits per heavy atom. The fraction of sp³-hybridized carbons (Fsp3) is 0.333. The zero-order chi connectivity index (χ0) is 21.8. The van der Waals surface area contributed by atoms with Gasteiger partial charge in [-0.25, -0.2) is 8.42 Å². The number of ether oxygens (including phenoxy) is 1. The first-order valence-corrected chi connectivity index (χ1v) is 12.7. The van der Waals surface area contributed by atoms with Crippen LogP contribution >= 0.6 is 11.3 Å². The molecule has 0 atom stereocenters. The van der Waals surface area contributed by atoms with Crippen molar-refractivity contribution in [3.63, 3.8) is 0 Å². The van der Waals surface area contributed by atoms with E-state index in [1.54, 1.807) is 18.2 Å². The van der Waals surface area contributed by atoms with Gasteiger partial charge in [-0.15, -0.1) is 11.3 Å². The summed E-state index contributed by atoms with van der Waals surface area (Å²) in [6, 6.07) is 18.1. The molecule has 1 heterocycles. The summed E-state index contributed by atoms with van der Waals surface area (Å²) >= 11 is 1.32. The minimum Gasteiger partial charge on any atom is -0.435 e. The van der Waals surface area contributed by atoms with E-state index in [4.69, 9.17) is 0 Å². The van der Waals surface area contributed by atoms with Gasteiger partial charge in [0.2, 0.25) is 0 Å². The molecule has 0 radical (unpaired) electrons. The van der Waals surface area contributed by atoms with E-state index in [-0.39, 0.29) is 11.0 Å². The molecule has 1 saturated carbocycles. The van der Waals surface area contributed by atoms with Crippen molar-refractivity contribution >= 4 is 21.2 Å². The van der Waals surface area contributed by atoms with E-state index in [1.165, 1.54) is 17.4 Å². The van der Waals surface area contributed by atoms with Crippen molar-refractivity contribution in [3.8, 4) is 16.2 Å². The third-order valence-corrected chi connectivity index (χ3v) is 9.52. The Kier molecular flexibility index (Phi) is 6.72. The predicted octanol–water partition coefficient (Wildman–Crippen LogP) is 6.71. The summed E-state index contributed by atoms with van der Waals surface area (Å²) in [6.45, 7) is -2.85. The maximum Gasteiger partial charge on any atom is 0.387 e. The molecule has 1 aliphatic carbocycles. The van der Waals surface area contributed by atoms with Crippen LogP contribution in [0.15, 0.2) is 64.9 Å². The second-order valence-electron chi connectivity index (χ2n) is 7.83. The van der Waals surface area contributed by atoms with Crippen LogP contribution in [0.2, 0.25) is 0 Å². The van der Waals surface area contributed by atoms with Crippen molar-refractivity contribution in [2.24, 2.45) is 0 Å². The monoisotopic (exact) mass is 462 g/mol. The molecule has 3 aromatic rings. The molecule has 31 heavy (non-hydrogen) atoms. The van der Waals surface area contributed by atoms with Crippen LogP contribution in [0.1, 0.15) is 43.2 Å². The molecular weight excluding hydrogens is 438 g/mol. The van der Waals surface area contributed by atoms with E-state index in [9.17, 15) is 17.2 Å². The molecule has 1 aromatic heterocycles. The maximum absolute atomic E-state index is 13.0. The molecule has 0 amide bonds. The number of hydrogen-bond donors (Lipinski definition) is 0. The topological polar surface area (TPSA) is 43.4 Å². The lowest BCUT2D eigenvalue weighted by atomic mass is 10.0. The van der Waals surface area contributed by atoms with Gasteiger partial charge in [0.25, 0.3) is 0 Å². The number of rotatable bonds is 7. The highest BCUT2D eigenvalue weighted by Crippen LogP contribution is 2.36. The van der Waals surface area contributed by atoms with Gasteiger partial charge in [-0.3, -0.25) is 0 Å². The zero-order valence-electron chi connectivity index (χ0n) is 17.0. The highest BCUT2D eigenvalue weighted by Gasteiger charge is 2.30. The van der Waals surface area contributed by atoms with Crippen LogP contribution in [0, 0.1) is 0 Å². The Bertz CT molecular complexity index is 1130. The van der Waals surface area contributed by atoms with Gasteiger partial charge in [0, 0.05) is 4.88 Å². The number of benzene rings is 2. The summed E-state index contributed by atoms with van der Waals surface area (Å²) in [4.78, 5) is 0.908. The molecule has 3 nitrogen and oxygen atoms in total. The summed E-state index contributed by atoms with van der Waals surface area (Å²) in [5, 5.41) is -0.262. The summed E-state index contributed by atoms with van der Waals surface area (Å²) in [5.41, 5.74) is 2.83. The molecule has 0 unspecified atom stereocenters. The lowest BCUT2D eigenvalue weighted by Gasteiger charge is -2.20. The Morgan fingerprint density at radius 2 is 1.65 bits per heavy atom. The van der Waals surface area contributed by atoms with Crippen LogP contribution in [0.3, 0.4) is 0 Å². The summed E-state index contributed by atoms with van der Waals surface area (Å²) in [7, 11) is -3.28. The minimum absolute atomic E-state index is 0.138. The molecule has 4 rings (SSSR count). The van der Waals surface area contributed by atoms with E-state index in [1.807, 2.05) is 36.4 Å². The average molecular weight is 463 g/mol. The van der Waals surface area contributed by atoms with Crippen LogP contribution in [0.5, 0.6) is 5.75 Å². The first kappa shape index (κ1) is 22.0. The maximum atomic E-state index is 13.0. The Morgan fingerprint density at radius 3 is 2.39 bits per heavy atom. The van der Waals surface area contributed by atoms with E-state index in [0.717, 1.165) is 53.7 Å². The SMILES string of the molecule is O=S(=O)(c1ccc(-c2cccc(Cc3cccc(OC(F)F)c3)c2)s1)C1CCCCC1. The van der Waals surface area contributed by atoms with Gasteiger partial charge < -0.3 is 4.74 Å². The third kappa shape index (κ3) is 5.33. The lowest BCUT2D eigenvalue weighted by molar-refractivity contribution is -0.0498. The number of halogens is 2. The van der Waals surface area contributed by atoms with Gasteiger partial charge in [-0.2, -0.15) is 8.78 Å². The molecule has 164 valence electrons. The van der Waals surface area contributed by atoms with Crippen LogP contribution < -0.4 is 4.74 Å². The second kappa shape index (κ2) is 9.49. The van der Waals surface area contributed by atoms with E-state index in [2.05, 4.69) is 4.74 Å². The zero-order valence-corrected chi connectivity index (χ0v) is 18.6. The van der Waals surface area contributed by atoms with E-state index in [0.29, 0.717) is 10.6 Å². The number of alkyl halides is 2. The molecule has 1 aliphatic rings. The van der Waals surface area contributed by atoms with Crippen LogP contribution in [-0.2, 0) is 16.3 Å². The first-order valence-electron chi connectivity index (χ1n) is 10.4. The fourth-order valence-corrected chi connectivity index (χ4v) is 7.49. The Hall–Kier alpha value is -2.25. The van der Waals surface area contributed by atoms with Gasteiger partial charge in [0.1, 0.15) is 9.96 Å². The highest BCUT2D eigenvalue weighted by atomic mass is 32.2.